The van der Waals surface area contributed by atoms with Crippen molar-refractivity contribution in [2.75, 3.05) is 13.1 Å². The van der Waals surface area contributed by atoms with Gasteiger partial charge in [-0.25, -0.2) is 0 Å². The first-order valence-electron chi connectivity index (χ1n) is 8.24. The maximum atomic E-state index is 12.4. The number of hydrogen-bond acceptors (Lipinski definition) is 2. The molecule has 1 aromatic heterocycles. The first kappa shape index (κ1) is 15.5. The molecule has 1 saturated heterocycles. The number of aromatic amines is 1. The van der Waals surface area contributed by atoms with Gasteiger partial charge in [-0.15, -0.1) is 0 Å². The third kappa shape index (κ3) is 4.09. The standard InChI is InChI=1S/C19H22N2O2/c22-18-9-8-17(14-20-18)19(23)21-12-10-16(11-13-21)7-6-15-4-2-1-3-5-15/h1-5,8-9,14,16H,6-7,10-13H2,(H,20,22). The monoisotopic (exact) mass is 310 g/mol. The molecule has 120 valence electrons. The fourth-order valence-electron chi connectivity index (χ4n) is 3.17. The van der Waals surface area contributed by atoms with Gasteiger partial charge in [-0.2, -0.15) is 0 Å². The number of aryl methyl sites for hydroxylation is 1. The smallest absolute Gasteiger partial charge is 0.255 e. The third-order valence-corrected chi connectivity index (χ3v) is 4.62. The van der Waals surface area contributed by atoms with Gasteiger partial charge in [0.15, 0.2) is 0 Å². The Labute approximate surface area is 136 Å². The van der Waals surface area contributed by atoms with E-state index in [1.807, 2.05) is 11.0 Å². The molecular weight excluding hydrogens is 288 g/mol. The lowest BCUT2D eigenvalue weighted by Gasteiger charge is -2.32. The lowest BCUT2D eigenvalue weighted by molar-refractivity contribution is 0.0686. The zero-order chi connectivity index (χ0) is 16.1. The Kier molecular flexibility index (Phi) is 4.91. The molecule has 1 aromatic carbocycles. The maximum Gasteiger partial charge on any atom is 0.255 e. The second-order valence-electron chi connectivity index (χ2n) is 6.20. The van der Waals surface area contributed by atoms with E-state index >= 15 is 0 Å². The lowest BCUT2D eigenvalue weighted by Crippen LogP contribution is -2.38. The minimum atomic E-state index is -0.179. The van der Waals surface area contributed by atoms with Gasteiger partial charge in [-0.1, -0.05) is 30.3 Å². The van der Waals surface area contributed by atoms with Crippen molar-refractivity contribution in [1.29, 1.82) is 0 Å². The highest BCUT2D eigenvalue weighted by Gasteiger charge is 2.23. The van der Waals surface area contributed by atoms with E-state index < -0.39 is 0 Å². The van der Waals surface area contributed by atoms with Crippen LogP contribution < -0.4 is 5.56 Å². The van der Waals surface area contributed by atoms with Crippen molar-refractivity contribution < 1.29 is 4.79 Å². The summed E-state index contributed by atoms with van der Waals surface area (Å²) in [6.45, 7) is 1.61. The number of likely N-dealkylation sites (tertiary alicyclic amines) is 1. The molecule has 0 atom stereocenters. The molecule has 1 aliphatic heterocycles. The van der Waals surface area contributed by atoms with E-state index in [1.165, 1.54) is 24.2 Å². The second-order valence-corrected chi connectivity index (χ2v) is 6.20. The summed E-state index contributed by atoms with van der Waals surface area (Å²) in [6.07, 6.45) is 5.92. The van der Waals surface area contributed by atoms with Crippen LogP contribution in [0.4, 0.5) is 0 Å². The van der Waals surface area contributed by atoms with Crippen LogP contribution in [0.15, 0.2) is 53.5 Å². The Morgan fingerprint density at radius 1 is 1.09 bits per heavy atom. The predicted octanol–water partition coefficient (Wildman–Crippen LogP) is 2.86. The molecule has 1 fully saturated rings. The highest BCUT2D eigenvalue weighted by Crippen LogP contribution is 2.23. The van der Waals surface area contributed by atoms with Crippen molar-refractivity contribution in [1.82, 2.24) is 9.88 Å². The molecule has 0 unspecified atom stereocenters. The van der Waals surface area contributed by atoms with Gasteiger partial charge in [0.1, 0.15) is 0 Å². The average Bonchev–Trinajstić information content (AvgIpc) is 2.61. The summed E-state index contributed by atoms with van der Waals surface area (Å²) < 4.78 is 0. The number of benzene rings is 1. The summed E-state index contributed by atoms with van der Waals surface area (Å²) in [7, 11) is 0. The number of H-pyrrole nitrogens is 1. The van der Waals surface area contributed by atoms with Crippen molar-refractivity contribution >= 4 is 5.91 Å². The average molecular weight is 310 g/mol. The molecule has 2 heterocycles. The summed E-state index contributed by atoms with van der Waals surface area (Å²) in [5.41, 5.74) is 1.77. The van der Waals surface area contributed by atoms with Crippen LogP contribution in [0.5, 0.6) is 0 Å². The van der Waals surface area contributed by atoms with Gasteiger partial charge in [0.05, 0.1) is 5.56 Å². The zero-order valence-corrected chi connectivity index (χ0v) is 13.2. The fourth-order valence-corrected chi connectivity index (χ4v) is 3.17. The Morgan fingerprint density at radius 2 is 1.83 bits per heavy atom. The minimum absolute atomic E-state index is 0.0164. The van der Waals surface area contributed by atoms with E-state index in [9.17, 15) is 9.59 Å². The van der Waals surface area contributed by atoms with Crippen LogP contribution in [-0.2, 0) is 6.42 Å². The van der Waals surface area contributed by atoms with E-state index in [4.69, 9.17) is 0 Å². The minimum Gasteiger partial charge on any atom is -0.339 e. The molecular formula is C19H22N2O2. The van der Waals surface area contributed by atoms with Crippen LogP contribution in [0.25, 0.3) is 0 Å². The van der Waals surface area contributed by atoms with Crippen LogP contribution in [0.3, 0.4) is 0 Å². The maximum absolute atomic E-state index is 12.4. The van der Waals surface area contributed by atoms with Crippen LogP contribution >= 0.6 is 0 Å². The molecule has 1 aliphatic rings. The topological polar surface area (TPSA) is 53.2 Å². The van der Waals surface area contributed by atoms with Crippen LogP contribution in [0, 0.1) is 5.92 Å². The zero-order valence-electron chi connectivity index (χ0n) is 13.2. The van der Waals surface area contributed by atoms with E-state index in [-0.39, 0.29) is 11.5 Å². The molecule has 0 aliphatic carbocycles. The summed E-state index contributed by atoms with van der Waals surface area (Å²) in [6, 6.07) is 13.6. The highest BCUT2D eigenvalue weighted by atomic mass is 16.2. The fraction of sp³-hybridized carbons (Fsp3) is 0.368. The summed E-state index contributed by atoms with van der Waals surface area (Å²) >= 11 is 0. The predicted molar refractivity (Wildman–Crippen MR) is 90.5 cm³/mol. The first-order valence-corrected chi connectivity index (χ1v) is 8.24. The lowest BCUT2D eigenvalue weighted by atomic mass is 9.90. The van der Waals surface area contributed by atoms with Crippen molar-refractivity contribution in [2.45, 2.75) is 25.7 Å². The number of nitrogens with zero attached hydrogens (tertiary/aromatic N) is 1. The van der Waals surface area contributed by atoms with E-state index in [0.717, 1.165) is 32.4 Å². The largest absolute Gasteiger partial charge is 0.339 e. The molecule has 0 saturated carbocycles. The number of carbonyl (C=O) groups is 1. The van der Waals surface area contributed by atoms with E-state index in [0.29, 0.717) is 11.5 Å². The molecule has 0 radical (unpaired) electrons. The molecule has 3 rings (SSSR count). The van der Waals surface area contributed by atoms with Gasteiger partial charge in [0.2, 0.25) is 5.56 Å². The Hall–Kier alpha value is -2.36. The molecule has 0 bridgehead atoms. The molecule has 4 heteroatoms. The quantitative estimate of drug-likeness (QED) is 0.944. The molecule has 23 heavy (non-hydrogen) atoms. The van der Waals surface area contributed by atoms with Crippen molar-refractivity contribution in [2.24, 2.45) is 5.92 Å². The van der Waals surface area contributed by atoms with Gasteiger partial charge >= 0.3 is 0 Å². The number of rotatable bonds is 4. The number of amides is 1. The van der Waals surface area contributed by atoms with Gasteiger partial charge in [-0.3, -0.25) is 9.59 Å². The second kappa shape index (κ2) is 7.27. The highest BCUT2D eigenvalue weighted by molar-refractivity contribution is 5.93. The summed E-state index contributed by atoms with van der Waals surface area (Å²) in [5.74, 6) is 0.706. The molecule has 2 aromatic rings. The van der Waals surface area contributed by atoms with Gasteiger partial charge < -0.3 is 9.88 Å². The van der Waals surface area contributed by atoms with Crippen LogP contribution in [-0.4, -0.2) is 28.9 Å². The Bertz CT molecular complexity index is 680. The number of piperidine rings is 1. The van der Waals surface area contributed by atoms with Crippen molar-refractivity contribution in [3.05, 3.63) is 70.1 Å². The molecule has 4 nitrogen and oxygen atoms in total. The number of carbonyl (C=O) groups excluding carboxylic acids is 1. The van der Waals surface area contributed by atoms with E-state index in [1.54, 1.807) is 6.07 Å². The van der Waals surface area contributed by atoms with E-state index in [2.05, 4.69) is 29.2 Å². The number of hydrogen-bond donors (Lipinski definition) is 1. The van der Waals surface area contributed by atoms with Gasteiger partial charge in [0, 0.05) is 25.4 Å². The summed E-state index contributed by atoms with van der Waals surface area (Å²) in [5, 5.41) is 0. The first-order chi connectivity index (χ1) is 11.2. The molecule has 1 N–H and O–H groups in total. The number of nitrogens with one attached hydrogen (secondary N) is 1. The Balaban J connectivity index is 1.49. The normalized spacial score (nSPS) is 15.6. The van der Waals surface area contributed by atoms with Gasteiger partial charge in [-0.05, 0) is 43.2 Å². The van der Waals surface area contributed by atoms with Crippen LogP contribution in [0.1, 0.15) is 35.2 Å². The molecule has 0 spiro atoms. The van der Waals surface area contributed by atoms with Crippen LogP contribution in [0.2, 0.25) is 0 Å². The van der Waals surface area contributed by atoms with Gasteiger partial charge in [0.25, 0.3) is 5.91 Å². The van der Waals surface area contributed by atoms with Crippen molar-refractivity contribution in [3.8, 4) is 0 Å². The van der Waals surface area contributed by atoms with Crippen molar-refractivity contribution in [3.63, 3.8) is 0 Å². The SMILES string of the molecule is O=C(c1ccc(=O)[nH]c1)N1CCC(CCc2ccccc2)CC1. The number of aromatic nitrogens is 1. The summed E-state index contributed by atoms with van der Waals surface area (Å²) in [4.78, 5) is 27.9. The Morgan fingerprint density at radius 3 is 2.48 bits per heavy atom. The number of pyridine rings is 1. The third-order valence-electron chi connectivity index (χ3n) is 4.62. The molecule has 1 amide bonds.